The molecule has 0 aliphatic carbocycles. The van der Waals surface area contributed by atoms with Crippen LogP contribution in [0.3, 0.4) is 0 Å². The molecule has 0 spiro atoms. The minimum atomic E-state index is 0.00230. The van der Waals surface area contributed by atoms with E-state index in [9.17, 15) is 0 Å². The summed E-state index contributed by atoms with van der Waals surface area (Å²) in [5.74, 6) is 6.41. The summed E-state index contributed by atoms with van der Waals surface area (Å²) in [7, 11) is 0. The van der Waals surface area contributed by atoms with Crippen molar-refractivity contribution >= 4 is 5.71 Å². The predicted octanol–water partition coefficient (Wildman–Crippen LogP) is 5.25. The molecule has 5 heteroatoms. The normalized spacial score (nSPS) is 12.0. The van der Waals surface area contributed by atoms with Crippen LogP contribution in [-0.4, -0.2) is 20.2 Å². The van der Waals surface area contributed by atoms with E-state index in [0.29, 0.717) is 6.61 Å². The molecule has 2 aromatic carbocycles. The molecule has 0 aliphatic heterocycles. The summed E-state index contributed by atoms with van der Waals surface area (Å²) in [4.78, 5) is 14.2. The Hall–Kier alpha value is -4.17. The molecule has 4 aromatic rings. The molecule has 0 bridgehead atoms. The highest BCUT2D eigenvalue weighted by atomic mass is 16.6. The van der Waals surface area contributed by atoms with E-state index in [2.05, 4.69) is 33.9 Å². The average molecular weight is 421 g/mol. The third-order valence-electron chi connectivity index (χ3n) is 4.99. The molecule has 1 unspecified atom stereocenters. The number of pyridine rings is 1. The number of oxime groups is 1. The Morgan fingerprint density at radius 2 is 1.69 bits per heavy atom. The van der Waals surface area contributed by atoms with Crippen LogP contribution in [0.4, 0.5) is 0 Å². The lowest BCUT2D eigenvalue weighted by atomic mass is 10.00. The monoisotopic (exact) mass is 420 g/mol. The summed E-state index contributed by atoms with van der Waals surface area (Å²) >= 11 is 0. The van der Waals surface area contributed by atoms with E-state index in [1.807, 2.05) is 89.9 Å². The fourth-order valence-electron chi connectivity index (χ4n) is 3.35. The van der Waals surface area contributed by atoms with Crippen molar-refractivity contribution in [1.82, 2.24) is 14.5 Å². The molecule has 158 valence electrons. The Labute approximate surface area is 188 Å². The van der Waals surface area contributed by atoms with Crippen molar-refractivity contribution in [1.29, 1.82) is 0 Å². The third kappa shape index (κ3) is 5.50. The van der Waals surface area contributed by atoms with Crippen LogP contribution in [0.25, 0.3) is 0 Å². The van der Waals surface area contributed by atoms with E-state index in [-0.39, 0.29) is 6.04 Å². The molecule has 0 saturated carbocycles. The summed E-state index contributed by atoms with van der Waals surface area (Å²) in [6, 6.07) is 23.8. The number of rotatable bonds is 7. The average Bonchev–Trinajstić information content (AvgIpc) is 3.39. The Bertz CT molecular complexity index is 1190. The molecule has 2 aromatic heterocycles. The largest absolute Gasteiger partial charge is 0.389 e. The van der Waals surface area contributed by atoms with Gasteiger partial charge in [0.2, 0.25) is 0 Å². The highest BCUT2D eigenvalue weighted by Gasteiger charge is 2.19. The predicted molar refractivity (Wildman–Crippen MR) is 126 cm³/mol. The van der Waals surface area contributed by atoms with Gasteiger partial charge in [0, 0.05) is 35.3 Å². The Balaban J connectivity index is 1.59. The Kier molecular flexibility index (Phi) is 7.07. The van der Waals surface area contributed by atoms with Gasteiger partial charge in [0.05, 0.1) is 18.1 Å². The van der Waals surface area contributed by atoms with Crippen molar-refractivity contribution in [2.75, 3.05) is 0 Å². The van der Waals surface area contributed by atoms with Gasteiger partial charge >= 0.3 is 0 Å². The van der Waals surface area contributed by atoms with Gasteiger partial charge in [-0.25, -0.2) is 4.98 Å². The van der Waals surface area contributed by atoms with E-state index < -0.39 is 0 Å². The molecular formula is C27H24N4O. The first-order valence-electron chi connectivity index (χ1n) is 10.6. The van der Waals surface area contributed by atoms with Crippen LogP contribution >= 0.6 is 0 Å². The zero-order valence-electron chi connectivity index (χ0n) is 17.9. The Morgan fingerprint density at radius 3 is 2.34 bits per heavy atom. The lowest BCUT2D eigenvalue weighted by Crippen LogP contribution is -2.19. The fraction of sp³-hybridized carbons (Fsp3) is 0.148. The van der Waals surface area contributed by atoms with Gasteiger partial charge in [0.25, 0.3) is 0 Å². The number of imidazole rings is 1. The highest BCUT2D eigenvalue weighted by Crippen LogP contribution is 2.20. The van der Waals surface area contributed by atoms with Crippen LogP contribution in [0.2, 0.25) is 0 Å². The quantitative estimate of drug-likeness (QED) is 0.233. The van der Waals surface area contributed by atoms with Crippen LogP contribution in [-0.2, 0) is 11.4 Å². The highest BCUT2D eigenvalue weighted by molar-refractivity contribution is 6.03. The Morgan fingerprint density at radius 1 is 0.938 bits per heavy atom. The van der Waals surface area contributed by atoms with Gasteiger partial charge in [-0.1, -0.05) is 60.3 Å². The maximum Gasteiger partial charge on any atom is 0.159 e. The molecule has 0 radical (unpaired) electrons. The molecule has 32 heavy (non-hydrogen) atoms. The van der Waals surface area contributed by atoms with Gasteiger partial charge in [-0.05, 0) is 42.8 Å². The number of benzene rings is 2. The van der Waals surface area contributed by atoms with Crippen molar-refractivity contribution < 1.29 is 4.84 Å². The number of aromatic nitrogens is 3. The molecule has 0 saturated heterocycles. The zero-order chi connectivity index (χ0) is 22.0. The standard InChI is InChI=1S/C27H24N4O/c1-2-26(31-19-18-28-21-31)27(30-32-20-25-10-6-7-17-29-25)24-15-13-23(14-16-24)12-11-22-8-4-3-5-9-22/h3-10,13-19,21,26H,2,20H2,1H3/b30-27-. The molecule has 0 N–H and O–H groups in total. The van der Waals surface area contributed by atoms with Crippen molar-refractivity contribution in [2.45, 2.75) is 26.0 Å². The molecule has 5 nitrogen and oxygen atoms in total. The summed E-state index contributed by atoms with van der Waals surface area (Å²) < 4.78 is 2.05. The summed E-state index contributed by atoms with van der Waals surface area (Å²) in [5, 5.41) is 4.53. The number of nitrogens with zero attached hydrogens (tertiary/aromatic N) is 4. The van der Waals surface area contributed by atoms with Crippen LogP contribution in [0, 0.1) is 11.8 Å². The van der Waals surface area contributed by atoms with Crippen molar-refractivity contribution in [3.8, 4) is 11.8 Å². The first-order chi connectivity index (χ1) is 15.8. The second-order valence-electron chi connectivity index (χ2n) is 7.20. The topological polar surface area (TPSA) is 52.3 Å². The molecule has 4 rings (SSSR count). The van der Waals surface area contributed by atoms with Crippen molar-refractivity contribution in [3.63, 3.8) is 0 Å². The second kappa shape index (κ2) is 10.7. The van der Waals surface area contributed by atoms with Crippen LogP contribution in [0.1, 0.15) is 41.8 Å². The molecule has 2 heterocycles. The van der Waals surface area contributed by atoms with Gasteiger partial charge in [-0.3, -0.25) is 4.98 Å². The van der Waals surface area contributed by atoms with Gasteiger partial charge in [0.15, 0.2) is 6.61 Å². The van der Waals surface area contributed by atoms with Crippen LogP contribution < -0.4 is 0 Å². The number of hydrogen-bond acceptors (Lipinski definition) is 4. The van der Waals surface area contributed by atoms with E-state index in [0.717, 1.165) is 34.5 Å². The lowest BCUT2D eigenvalue weighted by molar-refractivity contribution is 0.126. The summed E-state index contributed by atoms with van der Waals surface area (Å²) in [6.07, 6.45) is 8.12. The zero-order valence-corrected chi connectivity index (χ0v) is 17.9. The van der Waals surface area contributed by atoms with E-state index in [1.54, 1.807) is 12.4 Å². The van der Waals surface area contributed by atoms with Gasteiger partial charge in [0.1, 0.15) is 5.71 Å². The third-order valence-corrected chi connectivity index (χ3v) is 4.99. The van der Waals surface area contributed by atoms with Gasteiger partial charge < -0.3 is 9.40 Å². The molecule has 0 fully saturated rings. The van der Waals surface area contributed by atoms with Crippen molar-refractivity contribution in [2.24, 2.45) is 5.16 Å². The summed E-state index contributed by atoms with van der Waals surface area (Å²) in [5.41, 5.74) is 4.59. The maximum absolute atomic E-state index is 5.72. The van der Waals surface area contributed by atoms with E-state index >= 15 is 0 Å². The first kappa shape index (κ1) is 21.1. The second-order valence-corrected chi connectivity index (χ2v) is 7.20. The lowest BCUT2D eigenvalue weighted by Gasteiger charge is -2.19. The van der Waals surface area contributed by atoms with Crippen molar-refractivity contribution in [3.05, 3.63) is 120 Å². The van der Waals surface area contributed by atoms with Gasteiger partial charge in [-0.15, -0.1) is 0 Å². The molecule has 1 atom stereocenters. The first-order valence-corrected chi connectivity index (χ1v) is 10.6. The van der Waals surface area contributed by atoms with E-state index in [1.165, 1.54) is 0 Å². The molecule has 0 amide bonds. The van der Waals surface area contributed by atoms with Gasteiger partial charge in [-0.2, -0.15) is 0 Å². The minimum absolute atomic E-state index is 0.00230. The minimum Gasteiger partial charge on any atom is -0.389 e. The fourth-order valence-corrected chi connectivity index (χ4v) is 3.35. The van der Waals surface area contributed by atoms with Crippen LogP contribution in [0.15, 0.2) is 103 Å². The van der Waals surface area contributed by atoms with Crippen LogP contribution in [0.5, 0.6) is 0 Å². The maximum atomic E-state index is 5.72. The smallest absolute Gasteiger partial charge is 0.159 e. The van der Waals surface area contributed by atoms with E-state index in [4.69, 9.17) is 4.84 Å². The molecule has 0 aliphatic rings. The molecular weight excluding hydrogens is 396 g/mol. The number of hydrogen-bond donors (Lipinski definition) is 0. The SMILES string of the molecule is CCC(/C(=N\OCc1ccccn1)c1ccc(C#Cc2ccccc2)cc1)n1ccnc1. The summed E-state index contributed by atoms with van der Waals surface area (Å²) in [6.45, 7) is 2.43.